The van der Waals surface area contributed by atoms with E-state index in [-0.39, 0.29) is 18.4 Å². The number of fused-ring (bicyclic) bond motifs is 1. The van der Waals surface area contributed by atoms with Gasteiger partial charge in [0.05, 0.1) is 11.2 Å². The van der Waals surface area contributed by atoms with Crippen LogP contribution in [0.4, 0.5) is 0 Å². The molecule has 0 aromatic carbocycles. The van der Waals surface area contributed by atoms with E-state index in [2.05, 4.69) is 6.58 Å². The molecule has 5 atom stereocenters. The Bertz CT molecular complexity index is 373. The number of aliphatic hydroxyl groups excluding tert-OH is 1. The van der Waals surface area contributed by atoms with E-state index in [1.54, 1.807) is 0 Å². The molecule has 0 saturated heterocycles. The molecule has 2 rings (SSSR count). The van der Waals surface area contributed by atoms with Gasteiger partial charge in [0.1, 0.15) is 0 Å². The molecule has 122 valence electrons. The first kappa shape index (κ1) is 17.0. The lowest BCUT2D eigenvalue weighted by Crippen LogP contribution is -2.40. The normalized spacial score (nSPS) is 43.4. The molecule has 3 heteroatoms. The summed E-state index contributed by atoms with van der Waals surface area (Å²) in [5, 5.41) is 30.4. The summed E-state index contributed by atoms with van der Waals surface area (Å²) in [6, 6.07) is 0. The first-order valence-electron chi connectivity index (χ1n) is 8.51. The highest BCUT2D eigenvalue weighted by molar-refractivity contribution is 5.09. The molecule has 0 spiro atoms. The summed E-state index contributed by atoms with van der Waals surface area (Å²) in [5.74, 6) is 0.784. The number of hydrogen-bond acceptors (Lipinski definition) is 3. The zero-order valence-corrected chi connectivity index (χ0v) is 13.6. The van der Waals surface area contributed by atoms with E-state index in [0.29, 0.717) is 5.92 Å². The Kier molecular flexibility index (Phi) is 5.17. The number of allylic oxidation sites excluding steroid dienone is 1. The van der Waals surface area contributed by atoms with Crippen molar-refractivity contribution in [2.75, 3.05) is 6.61 Å². The minimum atomic E-state index is -0.661. The van der Waals surface area contributed by atoms with Gasteiger partial charge in [0.2, 0.25) is 0 Å². The van der Waals surface area contributed by atoms with Crippen molar-refractivity contribution in [3.8, 4) is 0 Å². The summed E-state index contributed by atoms with van der Waals surface area (Å²) < 4.78 is 0. The molecule has 3 nitrogen and oxygen atoms in total. The first-order chi connectivity index (χ1) is 9.78. The fourth-order valence-corrected chi connectivity index (χ4v) is 4.55. The van der Waals surface area contributed by atoms with Gasteiger partial charge in [0.25, 0.3) is 0 Å². The number of hydrogen-bond donors (Lipinski definition) is 3. The van der Waals surface area contributed by atoms with Crippen molar-refractivity contribution in [1.82, 2.24) is 0 Å². The quantitative estimate of drug-likeness (QED) is 0.540. The maximum Gasteiger partial charge on any atom is 0.0651 e. The highest BCUT2D eigenvalue weighted by atomic mass is 16.3. The second-order valence-corrected chi connectivity index (χ2v) is 7.78. The summed E-state index contributed by atoms with van der Waals surface area (Å²) in [6.07, 6.45) is 7.19. The molecular weight excluding hydrogens is 264 g/mol. The van der Waals surface area contributed by atoms with Gasteiger partial charge in [0, 0.05) is 6.61 Å². The van der Waals surface area contributed by atoms with Crippen LogP contribution in [-0.2, 0) is 0 Å². The molecule has 0 amide bonds. The molecule has 2 saturated carbocycles. The lowest BCUT2D eigenvalue weighted by Gasteiger charge is -2.35. The third-order valence-corrected chi connectivity index (χ3v) is 6.07. The van der Waals surface area contributed by atoms with E-state index < -0.39 is 11.2 Å². The minimum absolute atomic E-state index is 0.176. The van der Waals surface area contributed by atoms with Crippen molar-refractivity contribution in [3.05, 3.63) is 12.2 Å². The molecule has 2 fully saturated rings. The zero-order valence-electron chi connectivity index (χ0n) is 13.6. The molecule has 2 aliphatic rings. The molecule has 21 heavy (non-hydrogen) atoms. The van der Waals surface area contributed by atoms with E-state index in [0.717, 1.165) is 51.4 Å². The van der Waals surface area contributed by atoms with Gasteiger partial charge in [-0.05, 0) is 83.0 Å². The highest BCUT2D eigenvalue weighted by Crippen LogP contribution is 2.53. The van der Waals surface area contributed by atoms with Gasteiger partial charge in [-0.15, -0.1) is 0 Å². The van der Waals surface area contributed by atoms with E-state index in [1.165, 1.54) is 5.57 Å². The van der Waals surface area contributed by atoms with Crippen LogP contribution in [0.2, 0.25) is 0 Å². The van der Waals surface area contributed by atoms with Crippen LogP contribution in [0, 0.1) is 17.8 Å². The van der Waals surface area contributed by atoms with Crippen LogP contribution < -0.4 is 0 Å². The summed E-state index contributed by atoms with van der Waals surface area (Å²) in [7, 11) is 0. The van der Waals surface area contributed by atoms with Gasteiger partial charge < -0.3 is 15.3 Å². The summed E-state index contributed by atoms with van der Waals surface area (Å²) in [6.45, 7) is 8.38. The highest BCUT2D eigenvalue weighted by Gasteiger charge is 2.52. The minimum Gasteiger partial charge on any atom is -0.396 e. The molecular formula is C18H32O3. The summed E-state index contributed by atoms with van der Waals surface area (Å²) >= 11 is 0. The SMILES string of the molecule is C=C(CCCCO)C1CCC(C)(O)C2CCC(C)(O)C2C1. The third kappa shape index (κ3) is 3.69. The summed E-state index contributed by atoms with van der Waals surface area (Å²) in [5.41, 5.74) is -0.0731. The molecule has 0 radical (unpaired) electrons. The van der Waals surface area contributed by atoms with E-state index in [9.17, 15) is 10.2 Å². The number of aliphatic hydroxyl groups is 3. The smallest absolute Gasteiger partial charge is 0.0651 e. The van der Waals surface area contributed by atoms with Gasteiger partial charge in [-0.1, -0.05) is 12.2 Å². The van der Waals surface area contributed by atoms with Gasteiger partial charge in [0.15, 0.2) is 0 Å². The van der Waals surface area contributed by atoms with Crippen LogP contribution in [0.15, 0.2) is 12.2 Å². The standard InChI is InChI=1S/C18H32O3/c1-13(6-4-5-11-19)14-7-9-17(2,20)15-8-10-18(3,21)16(15)12-14/h14-16,19-21H,1,4-12H2,2-3H3. The van der Waals surface area contributed by atoms with E-state index in [1.807, 2.05) is 13.8 Å². The molecule has 3 N–H and O–H groups in total. The van der Waals surface area contributed by atoms with E-state index in [4.69, 9.17) is 5.11 Å². The van der Waals surface area contributed by atoms with Crippen LogP contribution in [0.5, 0.6) is 0 Å². The van der Waals surface area contributed by atoms with Gasteiger partial charge in [-0.2, -0.15) is 0 Å². The zero-order chi connectivity index (χ0) is 15.7. The molecule has 0 aromatic heterocycles. The van der Waals surface area contributed by atoms with Gasteiger partial charge in [-0.3, -0.25) is 0 Å². The lowest BCUT2D eigenvalue weighted by molar-refractivity contribution is -0.0539. The Morgan fingerprint density at radius 3 is 2.33 bits per heavy atom. The Morgan fingerprint density at radius 2 is 1.67 bits per heavy atom. The van der Waals surface area contributed by atoms with Gasteiger partial charge in [-0.25, -0.2) is 0 Å². The second-order valence-electron chi connectivity index (χ2n) is 7.78. The molecule has 0 aromatic rings. The van der Waals surface area contributed by atoms with Crippen LogP contribution in [0.3, 0.4) is 0 Å². The third-order valence-electron chi connectivity index (χ3n) is 6.07. The predicted molar refractivity (Wildman–Crippen MR) is 84.9 cm³/mol. The van der Waals surface area contributed by atoms with Crippen molar-refractivity contribution in [2.45, 2.75) is 76.4 Å². The molecule has 5 unspecified atom stereocenters. The average Bonchev–Trinajstić information content (AvgIpc) is 2.61. The molecule has 0 heterocycles. The Labute approximate surface area is 129 Å². The first-order valence-corrected chi connectivity index (χ1v) is 8.51. The van der Waals surface area contributed by atoms with Crippen molar-refractivity contribution in [2.24, 2.45) is 17.8 Å². The topological polar surface area (TPSA) is 60.7 Å². The fourth-order valence-electron chi connectivity index (χ4n) is 4.55. The maximum absolute atomic E-state index is 10.8. The van der Waals surface area contributed by atoms with Crippen LogP contribution in [0.25, 0.3) is 0 Å². The molecule has 0 bridgehead atoms. The predicted octanol–water partition coefficient (Wildman–Crippen LogP) is 3.03. The largest absolute Gasteiger partial charge is 0.396 e. The monoisotopic (exact) mass is 296 g/mol. The number of unbranched alkanes of at least 4 members (excludes halogenated alkanes) is 1. The molecule has 2 aliphatic carbocycles. The maximum atomic E-state index is 10.8. The second kappa shape index (κ2) is 6.39. The summed E-state index contributed by atoms with van der Waals surface area (Å²) in [4.78, 5) is 0. The van der Waals surface area contributed by atoms with Crippen LogP contribution in [0.1, 0.15) is 65.2 Å². The fraction of sp³-hybridized carbons (Fsp3) is 0.889. The van der Waals surface area contributed by atoms with Crippen molar-refractivity contribution < 1.29 is 15.3 Å². The lowest BCUT2D eigenvalue weighted by atomic mass is 9.75. The van der Waals surface area contributed by atoms with Crippen molar-refractivity contribution >= 4 is 0 Å². The average molecular weight is 296 g/mol. The van der Waals surface area contributed by atoms with Gasteiger partial charge >= 0.3 is 0 Å². The van der Waals surface area contributed by atoms with Crippen LogP contribution in [-0.4, -0.2) is 33.1 Å². The Morgan fingerprint density at radius 1 is 1.05 bits per heavy atom. The van der Waals surface area contributed by atoms with Crippen molar-refractivity contribution in [3.63, 3.8) is 0 Å². The number of rotatable bonds is 5. The molecule has 0 aliphatic heterocycles. The Hall–Kier alpha value is -0.380. The van der Waals surface area contributed by atoms with E-state index >= 15 is 0 Å². The van der Waals surface area contributed by atoms with Crippen molar-refractivity contribution in [1.29, 1.82) is 0 Å². The van der Waals surface area contributed by atoms with Crippen LogP contribution >= 0.6 is 0 Å². The Balaban J connectivity index is 2.08.